The molecule has 0 unspecified atom stereocenters. The van der Waals surface area contributed by atoms with E-state index >= 15 is 0 Å². The van der Waals surface area contributed by atoms with Crippen molar-refractivity contribution < 1.29 is 8.78 Å². The zero-order valence-electron chi connectivity index (χ0n) is 9.56. The molecule has 1 heterocycles. The monoisotopic (exact) mass is 252 g/mol. The molecule has 6 heteroatoms. The van der Waals surface area contributed by atoms with Crippen LogP contribution >= 0.6 is 0 Å². The molecule has 0 aliphatic carbocycles. The summed E-state index contributed by atoms with van der Waals surface area (Å²) in [6.45, 7) is -0.296. The Balaban J connectivity index is 2.53. The summed E-state index contributed by atoms with van der Waals surface area (Å²) in [5.41, 5.74) is -1.17. The van der Waals surface area contributed by atoms with Crippen molar-refractivity contribution in [2.75, 3.05) is 0 Å². The number of aryl methyl sites for hydroxylation is 1. The summed E-state index contributed by atoms with van der Waals surface area (Å²) in [7, 11) is 1.47. The van der Waals surface area contributed by atoms with Gasteiger partial charge in [0.15, 0.2) is 0 Å². The van der Waals surface area contributed by atoms with E-state index in [1.165, 1.54) is 23.9 Å². The van der Waals surface area contributed by atoms with Crippen LogP contribution in [-0.2, 0) is 13.6 Å². The van der Waals surface area contributed by atoms with Crippen molar-refractivity contribution in [2.45, 2.75) is 6.54 Å². The third-order valence-electron chi connectivity index (χ3n) is 2.58. The normalized spacial score (nSPS) is 10.6. The molecule has 1 aromatic carbocycles. The minimum absolute atomic E-state index is 0.0413. The minimum Gasteiger partial charge on any atom is -0.303 e. The van der Waals surface area contributed by atoms with Crippen molar-refractivity contribution in [2.24, 2.45) is 7.05 Å². The van der Waals surface area contributed by atoms with Crippen LogP contribution in [0.15, 0.2) is 40.1 Å². The van der Waals surface area contributed by atoms with E-state index in [0.29, 0.717) is 0 Å². The quantitative estimate of drug-likeness (QED) is 0.796. The maximum absolute atomic E-state index is 13.4. The van der Waals surface area contributed by atoms with Gasteiger partial charge in [-0.3, -0.25) is 9.36 Å². The number of hydrogen-bond donors (Lipinski definition) is 0. The van der Waals surface area contributed by atoms with Crippen molar-refractivity contribution in [3.05, 3.63) is 68.5 Å². The molecular formula is C12H10F2N2O2. The average Bonchev–Trinajstić information content (AvgIpc) is 2.34. The van der Waals surface area contributed by atoms with E-state index in [0.717, 1.165) is 22.8 Å². The molecule has 0 N–H and O–H groups in total. The van der Waals surface area contributed by atoms with Crippen LogP contribution in [0.3, 0.4) is 0 Å². The lowest BCUT2D eigenvalue weighted by molar-refractivity contribution is 0.562. The zero-order valence-corrected chi connectivity index (χ0v) is 9.56. The van der Waals surface area contributed by atoms with Crippen LogP contribution in [0, 0.1) is 11.6 Å². The maximum atomic E-state index is 13.4. The first-order valence-corrected chi connectivity index (χ1v) is 5.19. The Hall–Kier alpha value is -2.24. The molecule has 0 bridgehead atoms. The van der Waals surface area contributed by atoms with Gasteiger partial charge in [0.1, 0.15) is 11.6 Å². The second-order valence-corrected chi connectivity index (χ2v) is 3.87. The first-order chi connectivity index (χ1) is 8.49. The van der Waals surface area contributed by atoms with Gasteiger partial charge in [0.05, 0.1) is 6.54 Å². The molecule has 0 radical (unpaired) electrons. The van der Waals surface area contributed by atoms with Gasteiger partial charge in [-0.1, -0.05) is 0 Å². The minimum atomic E-state index is -0.658. The lowest BCUT2D eigenvalue weighted by atomic mass is 10.2. The predicted molar refractivity (Wildman–Crippen MR) is 61.4 cm³/mol. The Morgan fingerprint density at radius 2 is 1.89 bits per heavy atom. The Morgan fingerprint density at radius 1 is 1.17 bits per heavy atom. The average molecular weight is 252 g/mol. The van der Waals surface area contributed by atoms with Gasteiger partial charge in [0.2, 0.25) is 0 Å². The standard InChI is InChI=1S/C12H10F2N2O2/c1-15-5-4-11(17)16(12(15)18)7-8-6-9(13)2-3-10(8)14/h2-6H,7H2,1H3. The third-order valence-corrected chi connectivity index (χ3v) is 2.58. The SMILES string of the molecule is Cn1ccc(=O)n(Cc2cc(F)ccc2F)c1=O. The van der Waals surface area contributed by atoms with Crippen molar-refractivity contribution in [1.29, 1.82) is 0 Å². The fourth-order valence-electron chi connectivity index (χ4n) is 1.59. The fraction of sp³-hybridized carbons (Fsp3) is 0.167. The van der Waals surface area contributed by atoms with Crippen LogP contribution < -0.4 is 11.2 Å². The Labute approximate surface area is 101 Å². The summed E-state index contributed by atoms with van der Waals surface area (Å²) >= 11 is 0. The van der Waals surface area contributed by atoms with Crippen LogP contribution in [0.2, 0.25) is 0 Å². The molecule has 0 atom stereocenters. The number of benzene rings is 1. The maximum Gasteiger partial charge on any atom is 0.331 e. The first-order valence-electron chi connectivity index (χ1n) is 5.19. The van der Waals surface area contributed by atoms with Gasteiger partial charge in [-0.2, -0.15) is 0 Å². The number of halogens is 2. The topological polar surface area (TPSA) is 44.0 Å². The summed E-state index contributed by atoms with van der Waals surface area (Å²) in [4.78, 5) is 23.2. The van der Waals surface area contributed by atoms with Crippen LogP contribution in [0.1, 0.15) is 5.56 Å². The van der Waals surface area contributed by atoms with E-state index in [-0.39, 0.29) is 12.1 Å². The smallest absolute Gasteiger partial charge is 0.303 e. The highest BCUT2D eigenvalue weighted by atomic mass is 19.1. The summed E-state index contributed by atoms with van der Waals surface area (Å²) in [6, 6.07) is 4.10. The summed E-state index contributed by atoms with van der Waals surface area (Å²) in [6.07, 6.45) is 1.32. The second-order valence-electron chi connectivity index (χ2n) is 3.87. The second kappa shape index (κ2) is 4.56. The molecule has 2 aromatic rings. The Bertz CT molecular complexity index is 704. The van der Waals surface area contributed by atoms with Crippen LogP contribution in [0.5, 0.6) is 0 Å². The highest BCUT2D eigenvalue weighted by molar-refractivity contribution is 5.19. The Morgan fingerprint density at radius 3 is 2.61 bits per heavy atom. The van der Waals surface area contributed by atoms with Crippen molar-refractivity contribution >= 4 is 0 Å². The molecule has 0 amide bonds. The molecular weight excluding hydrogens is 242 g/mol. The fourth-order valence-corrected chi connectivity index (χ4v) is 1.59. The predicted octanol–water partition coefficient (Wildman–Crippen LogP) is 0.873. The van der Waals surface area contributed by atoms with E-state index in [9.17, 15) is 18.4 Å². The summed E-state index contributed by atoms with van der Waals surface area (Å²) < 4.78 is 28.5. The van der Waals surface area contributed by atoms with Crippen LogP contribution in [-0.4, -0.2) is 9.13 Å². The third kappa shape index (κ3) is 2.22. The van der Waals surface area contributed by atoms with Crippen LogP contribution in [0.25, 0.3) is 0 Å². The number of nitrogens with zero attached hydrogens (tertiary/aromatic N) is 2. The molecule has 0 saturated carbocycles. The lowest BCUT2D eigenvalue weighted by Crippen LogP contribution is -2.38. The Kier molecular flexibility index (Phi) is 3.10. The number of hydrogen-bond acceptors (Lipinski definition) is 2. The van der Waals surface area contributed by atoms with E-state index in [1.807, 2.05) is 0 Å². The van der Waals surface area contributed by atoms with Crippen molar-refractivity contribution in [3.8, 4) is 0 Å². The summed E-state index contributed by atoms with van der Waals surface area (Å²) in [5, 5.41) is 0. The number of rotatable bonds is 2. The molecule has 94 valence electrons. The van der Waals surface area contributed by atoms with Gasteiger partial charge in [0, 0.05) is 24.9 Å². The van der Waals surface area contributed by atoms with Crippen LogP contribution in [0.4, 0.5) is 8.78 Å². The van der Waals surface area contributed by atoms with Crippen molar-refractivity contribution in [1.82, 2.24) is 9.13 Å². The highest BCUT2D eigenvalue weighted by Gasteiger charge is 2.08. The van der Waals surface area contributed by atoms with Gasteiger partial charge in [0.25, 0.3) is 5.56 Å². The van der Waals surface area contributed by atoms with Gasteiger partial charge >= 0.3 is 5.69 Å². The molecule has 0 fully saturated rings. The highest BCUT2D eigenvalue weighted by Crippen LogP contribution is 2.09. The molecule has 0 saturated heterocycles. The van der Waals surface area contributed by atoms with Gasteiger partial charge in [-0.25, -0.2) is 13.6 Å². The van der Waals surface area contributed by atoms with Gasteiger partial charge in [-0.05, 0) is 18.2 Å². The van der Waals surface area contributed by atoms with Gasteiger partial charge in [-0.15, -0.1) is 0 Å². The number of aromatic nitrogens is 2. The van der Waals surface area contributed by atoms with Gasteiger partial charge < -0.3 is 4.57 Å². The molecule has 18 heavy (non-hydrogen) atoms. The first kappa shape index (κ1) is 12.2. The molecule has 1 aromatic heterocycles. The summed E-state index contributed by atoms with van der Waals surface area (Å²) in [5.74, 6) is -1.28. The molecule has 0 aliphatic rings. The van der Waals surface area contributed by atoms with E-state index in [2.05, 4.69) is 0 Å². The van der Waals surface area contributed by atoms with Crippen molar-refractivity contribution in [3.63, 3.8) is 0 Å². The van der Waals surface area contributed by atoms with E-state index < -0.39 is 22.9 Å². The van der Waals surface area contributed by atoms with E-state index in [4.69, 9.17) is 0 Å². The molecule has 4 nitrogen and oxygen atoms in total. The molecule has 2 rings (SSSR count). The lowest BCUT2D eigenvalue weighted by Gasteiger charge is -2.07. The molecule has 0 aliphatic heterocycles. The van der Waals surface area contributed by atoms with E-state index in [1.54, 1.807) is 0 Å². The largest absolute Gasteiger partial charge is 0.331 e. The zero-order chi connectivity index (χ0) is 13.3. The molecule has 0 spiro atoms.